The van der Waals surface area contributed by atoms with Crippen LogP contribution in [0.2, 0.25) is 0 Å². The van der Waals surface area contributed by atoms with E-state index in [4.69, 9.17) is 0 Å². The second kappa shape index (κ2) is 6.42. The van der Waals surface area contributed by atoms with Gasteiger partial charge >= 0.3 is 5.97 Å². The largest absolute Gasteiger partial charge is 0.468 e. The molecule has 0 spiro atoms. The zero-order chi connectivity index (χ0) is 10.3. The van der Waals surface area contributed by atoms with Crippen molar-refractivity contribution in [2.45, 2.75) is 6.42 Å². The first-order valence-electron chi connectivity index (χ1n) is 4.05. The molecule has 76 valence electrons. The second-order valence-electron chi connectivity index (χ2n) is 2.79. The van der Waals surface area contributed by atoms with Gasteiger partial charge in [0.15, 0.2) is 0 Å². The van der Waals surface area contributed by atoms with Crippen molar-refractivity contribution in [3.8, 4) is 0 Å². The summed E-state index contributed by atoms with van der Waals surface area (Å²) in [6.45, 7) is 0.642. The first-order valence-corrected chi connectivity index (χ1v) is 4.05. The van der Waals surface area contributed by atoms with E-state index in [1.807, 2.05) is 0 Å². The van der Waals surface area contributed by atoms with E-state index in [0.29, 0.717) is 13.0 Å². The first-order chi connectivity index (χ1) is 6.07. The molecule has 0 aliphatic heterocycles. The average molecular weight is 188 g/mol. The van der Waals surface area contributed by atoms with Crippen LogP contribution in [0.25, 0.3) is 0 Å². The molecule has 0 aromatic carbocycles. The van der Waals surface area contributed by atoms with Crippen molar-refractivity contribution >= 4 is 11.9 Å². The summed E-state index contributed by atoms with van der Waals surface area (Å²) in [5, 5.41) is 2.80. The summed E-state index contributed by atoms with van der Waals surface area (Å²) < 4.78 is 4.41. The maximum Gasteiger partial charge on any atom is 0.319 e. The van der Waals surface area contributed by atoms with Crippen LogP contribution in [0.3, 0.4) is 0 Å². The standard InChI is InChI=1S/C8H16N2O3/c1-10(2)7(11)4-5-9-6-8(12)13-3/h9H,4-6H2,1-3H3. The van der Waals surface area contributed by atoms with E-state index >= 15 is 0 Å². The summed E-state index contributed by atoms with van der Waals surface area (Å²) >= 11 is 0. The third kappa shape index (κ3) is 6.10. The highest BCUT2D eigenvalue weighted by molar-refractivity contribution is 5.76. The number of methoxy groups -OCH3 is 1. The fourth-order valence-electron chi connectivity index (χ4n) is 0.682. The van der Waals surface area contributed by atoms with Gasteiger partial charge in [-0.3, -0.25) is 9.59 Å². The van der Waals surface area contributed by atoms with Crippen molar-refractivity contribution in [3.63, 3.8) is 0 Å². The predicted molar refractivity (Wildman–Crippen MR) is 48.2 cm³/mol. The van der Waals surface area contributed by atoms with Crippen molar-refractivity contribution < 1.29 is 14.3 Å². The minimum absolute atomic E-state index is 0.0392. The van der Waals surface area contributed by atoms with Crippen LogP contribution in [0.1, 0.15) is 6.42 Å². The number of esters is 1. The monoisotopic (exact) mass is 188 g/mol. The molecule has 0 radical (unpaired) electrons. The molecule has 0 fully saturated rings. The van der Waals surface area contributed by atoms with Crippen LogP contribution < -0.4 is 5.32 Å². The molecule has 0 heterocycles. The lowest BCUT2D eigenvalue weighted by Crippen LogP contribution is -2.29. The molecular formula is C8H16N2O3. The van der Waals surface area contributed by atoms with Crippen LogP contribution in [-0.2, 0) is 14.3 Å². The minimum Gasteiger partial charge on any atom is -0.468 e. The second-order valence-corrected chi connectivity index (χ2v) is 2.79. The third-order valence-corrected chi connectivity index (χ3v) is 1.51. The number of amides is 1. The molecular weight excluding hydrogens is 172 g/mol. The van der Waals surface area contributed by atoms with Crippen LogP contribution in [0, 0.1) is 0 Å². The Balaban J connectivity index is 3.36. The number of hydrogen-bond donors (Lipinski definition) is 1. The Hall–Kier alpha value is -1.10. The van der Waals surface area contributed by atoms with E-state index in [2.05, 4.69) is 10.1 Å². The van der Waals surface area contributed by atoms with E-state index < -0.39 is 0 Å². The summed E-state index contributed by atoms with van der Waals surface area (Å²) in [5.74, 6) is -0.283. The van der Waals surface area contributed by atoms with Crippen molar-refractivity contribution in [1.82, 2.24) is 10.2 Å². The molecule has 0 saturated carbocycles. The van der Waals surface area contributed by atoms with Gasteiger partial charge in [0, 0.05) is 27.1 Å². The fraction of sp³-hybridized carbons (Fsp3) is 0.750. The van der Waals surface area contributed by atoms with E-state index in [0.717, 1.165) is 0 Å². The molecule has 0 rings (SSSR count). The Morgan fingerprint density at radius 2 is 2.00 bits per heavy atom. The van der Waals surface area contributed by atoms with Crippen LogP contribution in [-0.4, -0.2) is 51.1 Å². The maximum absolute atomic E-state index is 11.0. The molecule has 5 nitrogen and oxygen atoms in total. The molecule has 1 N–H and O–H groups in total. The Morgan fingerprint density at radius 3 is 2.46 bits per heavy atom. The molecule has 0 aromatic rings. The van der Waals surface area contributed by atoms with Gasteiger partial charge in [-0.15, -0.1) is 0 Å². The van der Waals surface area contributed by atoms with Crippen LogP contribution >= 0.6 is 0 Å². The number of hydrogen-bond acceptors (Lipinski definition) is 4. The Morgan fingerprint density at radius 1 is 1.38 bits per heavy atom. The molecule has 0 atom stereocenters. The van der Waals surface area contributed by atoms with Crippen molar-refractivity contribution in [1.29, 1.82) is 0 Å². The normalized spacial score (nSPS) is 9.46. The van der Waals surface area contributed by atoms with Gasteiger partial charge in [0.25, 0.3) is 0 Å². The Bertz CT molecular complexity index is 180. The molecule has 1 amide bonds. The highest BCUT2D eigenvalue weighted by Crippen LogP contribution is 1.84. The third-order valence-electron chi connectivity index (χ3n) is 1.51. The van der Waals surface area contributed by atoms with Crippen molar-refractivity contribution in [2.75, 3.05) is 34.3 Å². The number of nitrogens with zero attached hydrogens (tertiary/aromatic N) is 1. The highest BCUT2D eigenvalue weighted by atomic mass is 16.5. The zero-order valence-corrected chi connectivity index (χ0v) is 8.29. The summed E-state index contributed by atoms with van der Waals surface area (Å²) in [6.07, 6.45) is 0.393. The highest BCUT2D eigenvalue weighted by Gasteiger charge is 2.03. The quantitative estimate of drug-likeness (QED) is 0.454. The summed E-state index contributed by atoms with van der Waals surface area (Å²) in [4.78, 5) is 23.2. The van der Waals surface area contributed by atoms with Crippen molar-refractivity contribution in [2.24, 2.45) is 0 Å². The topological polar surface area (TPSA) is 58.6 Å². The van der Waals surface area contributed by atoms with Gasteiger partial charge in [-0.1, -0.05) is 0 Å². The van der Waals surface area contributed by atoms with Gasteiger partial charge in [0.1, 0.15) is 0 Å². The van der Waals surface area contributed by atoms with E-state index in [1.165, 1.54) is 12.0 Å². The van der Waals surface area contributed by atoms with Crippen LogP contribution in [0.15, 0.2) is 0 Å². The van der Waals surface area contributed by atoms with Crippen molar-refractivity contribution in [3.05, 3.63) is 0 Å². The number of carbonyl (C=O) groups is 2. The van der Waals surface area contributed by atoms with Gasteiger partial charge < -0.3 is 15.0 Å². The van der Waals surface area contributed by atoms with Gasteiger partial charge in [0.2, 0.25) is 5.91 Å². The Kier molecular flexibility index (Phi) is 5.88. The number of ether oxygens (including phenoxy) is 1. The average Bonchev–Trinajstić information content (AvgIpc) is 2.11. The van der Waals surface area contributed by atoms with Gasteiger partial charge in [0.05, 0.1) is 13.7 Å². The lowest BCUT2D eigenvalue weighted by atomic mass is 10.4. The number of rotatable bonds is 5. The summed E-state index contributed by atoms with van der Waals surface area (Å²) in [7, 11) is 4.72. The summed E-state index contributed by atoms with van der Waals surface area (Å²) in [5.41, 5.74) is 0. The predicted octanol–water partition coefficient (Wildman–Crippen LogP) is -0.773. The fourth-order valence-corrected chi connectivity index (χ4v) is 0.682. The molecule has 0 aliphatic rings. The molecule has 0 aromatic heterocycles. The lowest BCUT2D eigenvalue weighted by Gasteiger charge is -2.09. The van der Waals surface area contributed by atoms with Gasteiger partial charge in [-0.05, 0) is 0 Å². The Labute approximate surface area is 78.0 Å². The van der Waals surface area contributed by atoms with Crippen LogP contribution in [0.5, 0.6) is 0 Å². The number of carbonyl (C=O) groups excluding carboxylic acids is 2. The molecule has 0 bridgehead atoms. The minimum atomic E-state index is -0.322. The molecule has 0 aliphatic carbocycles. The van der Waals surface area contributed by atoms with E-state index in [1.54, 1.807) is 14.1 Å². The smallest absolute Gasteiger partial charge is 0.319 e. The molecule has 13 heavy (non-hydrogen) atoms. The molecule has 0 unspecified atom stereocenters. The lowest BCUT2D eigenvalue weighted by molar-refractivity contribution is -0.139. The van der Waals surface area contributed by atoms with Crippen LogP contribution in [0.4, 0.5) is 0 Å². The first kappa shape index (κ1) is 11.9. The summed E-state index contributed by atoms with van der Waals surface area (Å²) in [6, 6.07) is 0. The SMILES string of the molecule is COC(=O)CNCCC(=O)N(C)C. The molecule has 0 saturated heterocycles. The van der Waals surface area contributed by atoms with E-state index in [9.17, 15) is 9.59 Å². The zero-order valence-electron chi connectivity index (χ0n) is 8.29. The van der Waals surface area contributed by atoms with Gasteiger partial charge in [-0.25, -0.2) is 0 Å². The van der Waals surface area contributed by atoms with E-state index in [-0.39, 0.29) is 18.4 Å². The maximum atomic E-state index is 11.0. The number of nitrogens with one attached hydrogen (secondary N) is 1. The van der Waals surface area contributed by atoms with Gasteiger partial charge in [-0.2, -0.15) is 0 Å². The molecule has 5 heteroatoms.